The summed E-state index contributed by atoms with van der Waals surface area (Å²) in [5, 5.41) is 13.1. The lowest BCUT2D eigenvalue weighted by Gasteiger charge is -2.15. The SMILES string of the molecule is C[C@@H](NCC(O)c1ccco1)c1cccnc1. The number of pyridine rings is 1. The van der Waals surface area contributed by atoms with Gasteiger partial charge in [-0.05, 0) is 30.7 Å². The first-order valence-electron chi connectivity index (χ1n) is 5.62. The van der Waals surface area contributed by atoms with Gasteiger partial charge in [-0.15, -0.1) is 0 Å². The van der Waals surface area contributed by atoms with Crippen LogP contribution in [0.1, 0.15) is 30.4 Å². The maximum atomic E-state index is 9.83. The largest absolute Gasteiger partial charge is 0.467 e. The first-order chi connectivity index (χ1) is 8.27. The Morgan fingerprint density at radius 2 is 2.29 bits per heavy atom. The minimum absolute atomic E-state index is 0.147. The van der Waals surface area contributed by atoms with Crippen LogP contribution in [0.15, 0.2) is 47.3 Å². The molecular weight excluding hydrogens is 216 g/mol. The predicted octanol–water partition coefficient (Wildman–Crippen LogP) is 2.06. The molecule has 0 aliphatic rings. The Labute approximate surface area is 100 Å². The van der Waals surface area contributed by atoms with Crippen LogP contribution in [0.5, 0.6) is 0 Å². The van der Waals surface area contributed by atoms with E-state index < -0.39 is 6.10 Å². The second kappa shape index (κ2) is 5.61. The first kappa shape index (κ1) is 11.8. The van der Waals surface area contributed by atoms with Crippen molar-refractivity contribution in [2.45, 2.75) is 19.1 Å². The summed E-state index contributed by atoms with van der Waals surface area (Å²) in [5.41, 5.74) is 1.10. The Morgan fingerprint density at radius 3 is 2.94 bits per heavy atom. The zero-order valence-electron chi connectivity index (χ0n) is 9.71. The molecule has 0 radical (unpaired) electrons. The lowest BCUT2D eigenvalue weighted by atomic mass is 10.1. The molecule has 4 heteroatoms. The lowest BCUT2D eigenvalue weighted by molar-refractivity contribution is 0.144. The van der Waals surface area contributed by atoms with Crippen molar-refractivity contribution in [3.63, 3.8) is 0 Å². The molecule has 0 aliphatic heterocycles. The third kappa shape index (κ3) is 3.15. The molecule has 17 heavy (non-hydrogen) atoms. The monoisotopic (exact) mass is 232 g/mol. The number of hydrogen-bond donors (Lipinski definition) is 2. The van der Waals surface area contributed by atoms with Crippen LogP contribution in [0.3, 0.4) is 0 Å². The highest BCUT2D eigenvalue weighted by molar-refractivity contribution is 5.13. The summed E-state index contributed by atoms with van der Waals surface area (Å²) in [4.78, 5) is 4.06. The first-order valence-corrected chi connectivity index (χ1v) is 5.62. The number of nitrogens with one attached hydrogen (secondary N) is 1. The summed E-state index contributed by atoms with van der Waals surface area (Å²) in [6.45, 7) is 2.48. The lowest BCUT2D eigenvalue weighted by Crippen LogP contribution is -2.24. The molecule has 2 rings (SSSR count). The number of rotatable bonds is 5. The van der Waals surface area contributed by atoms with E-state index in [0.717, 1.165) is 5.56 Å². The Balaban J connectivity index is 1.86. The maximum Gasteiger partial charge on any atom is 0.133 e. The number of aliphatic hydroxyl groups excluding tert-OH is 1. The molecule has 0 amide bonds. The minimum Gasteiger partial charge on any atom is -0.467 e. The van der Waals surface area contributed by atoms with Crippen LogP contribution in [0.25, 0.3) is 0 Å². The third-order valence-corrected chi connectivity index (χ3v) is 2.67. The third-order valence-electron chi connectivity index (χ3n) is 2.67. The molecule has 0 aliphatic carbocycles. The number of nitrogens with zero attached hydrogens (tertiary/aromatic N) is 1. The van der Waals surface area contributed by atoms with Crippen molar-refractivity contribution in [3.8, 4) is 0 Å². The molecule has 2 N–H and O–H groups in total. The van der Waals surface area contributed by atoms with Gasteiger partial charge in [0, 0.05) is 25.0 Å². The van der Waals surface area contributed by atoms with Crippen molar-refractivity contribution >= 4 is 0 Å². The molecule has 2 heterocycles. The van der Waals surface area contributed by atoms with Crippen LogP contribution in [0, 0.1) is 0 Å². The molecule has 0 aromatic carbocycles. The van der Waals surface area contributed by atoms with Crippen LogP contribution in [0.4, 0.5) is 0 Å². The van der Waals surface area contributed by atoms with E-state index in [1.807, 2.05) is 25.3 Å². The summed E-state index contributed by atoms with van der Waals surface area (Å²) in [7, 11) is 0. The van der Waals surface area contributed by atoms with Crippen molar-refractivity contribution in [2.24, 2.45) is 0 Å². The highest BCUT2D eigenvalue weighted by atomic mass is 16.4. The van der Waals surface area contributed by atoms with Crippen molar-refractivity contribution in [2.75, 3.05) is 6.54 Å². The van der Waals surface area contributed by atoms with Crippen LogP contribution < -0.4 is 5.32 Å². The zero-order chi connectivity index (χ0) is 12.1. The quantitative estimate of drug-likeness (QED) is 0.828. The molecule has 0 bridgehead atoms. The fourth-order valence-electron chi connectivity index (χ4n) is 1.62. The van der Waals surface area contributed by atoms with Gasteiger partial charge in [0.2, 0.25) is 0 Å². The van der Waals surface area contributed by atoms with Crippen molar-refractivity contribution in [3.05, 3.63) is 54.2 Å². The number of aliphatic hydroxyl groups is 1. The summed E-state index contributed by atoms with van der Waals surface area (Å²) < 4.78 is 5.13. The molecule has 2 aromatic rings. The molecule has 0 saturated carbocycles. The molecule has 4 nitrogen and oxygen atoms in total. The number of aromatic nitrogens is 1. The van der Waals surface area contributed by atoms with Crippen LogP contribution in [-0.2, 0) is 0 Å². The normalized spacial score (nSPS) is 14.5. The minimum atomic E-state index is -0.621. The van der Waals surface area contributed by atoms with E-state index in [2.05, 4.69) is 10.3 Å². The van der Waals surface area contributed by atoms with Gasteiger partial charge in [-0.25, -0.2) is 0 Å². The van der Waals surface area contributed by atoms with Crippen molar-refractivity contribution < 1.29 is 9.52 Å². The Kier molecular flexibility index (Phi) is 3.90. The van der Waals surface area contributed by atoms with Crippen LogP contribution >= 0.6 is 0 Å². The van der Waals surface area contributed by atoms with E-state index in [1.54, 1.807) is 24.6 Å². The standard InChI is InChI=1S/C13H16N2O2/c1-10(11-4-2-6-14-8-11)15-9-12(16)13-5-3-7-17-13/h2-8,10,12,15-16H,9H2,1H3/t10-,12?/m1/s1. The molecule has 90 valence electrons. The smallest absolute Gasteiger partial charge is 0.133 e. The van der Waals surface area contributed by atoms with Gasteiger partial charge in [0.1, 0.15) is 11.9 Å². The van der Waals surface area contributed by atoms with Gasteiger partial charge in [0.15, 0.2) is 0 Å². The summed E-state index contributed by atoms with van der Waals surface area (Å²) in [5.74, 6) is 0.580. The van der Waals surface area contributed by atoms with Crippen LogP contribution in [-0.4, -0.2) is 16.6 Å². The van der Waals surface area contributed by atoms with Crippen LogP contribution in [0.2, 0.25) is 0 Å². The topological polar surface area (TPSA) is 58.3 Å². The number of furan rings is 1. The highest BCUT2D eigenvalue weighted by Gasteiger charge is 2.12. The molecule has 0 spiro atoms. The van der Waals surface area contributed by atoms with Crippen molar-refractivity contribution in [1.82, 2.24) is 10.3 Å². The summed E-state index contributed by atoms with van der Waals surface area (Å²) in [6.07, 6.45) is 4.50. The van der Waals surface area contributed by atoms with Gasteiger partial charge in [-0.2, -0.15) is 0 Å². The van der Waals surface area contributed by atoms with E-state index in [0.29, 0.717) is 12.3 Å². The number of hydrogen-bond acceptors (Lipinski definition) is 4. The van der Waals surface area contributed by atoms with Gasteiger partial charge in [0.25, 0.3) is 0 Å². The predicted molar refractivity (Wildman–Crippen MR) is 64.3 cm³/mol. The highest BCUT2D eigenvalue weighted by Crippen LogP contribution is 2.15. The molecule has 1 unspecified atom stereocenters. The Bertz CT molecular complexity index is 428. The van der Waals surface area contributed by atoms with Gasteiger partial charge in [-0.1, -0.05) is 6.07 Å². The van der Waals surface area contributed by atoms with Crippen molar-refractivity contribution in [1.29, 1.82) is 0 Å². The summed E-state index contributed by atoms with van der Waals surface area (Å²) >= 11 is 0. The van der Waals surface area contributed by atoms with E-state index >= 15 is 0 Å². The van der Waals surface area contributed by atoms with Gasteiger partial charge in [0.05, 0.1) is 6.26 Å². The Hall–Kier alpha value is -1.65. The fraction of sp³-hybridized carbons (Fsp3) is 0.308. The van der Waals surface area contributed by atoms with Gasteiger partial charge in [-0.3, -0.25) is 4.98 Å². The fourth-order valence-corrected chi connectivity index (χ4v) is 1.62. The van der Waals surface area contributed by atoms with Gasteiger partial charge >= 0.3 is 0 Å². The molecule has 2 atom stereocenters. The summed E-state index contributed by atoms with van der Waals surface area (Å²) in [6, 6.07) is 7.58. The second-order valence-corrected chi connectivity index (χ2v) is 3.95. The van der Waals surface area contributed by atoms with E-state index in [9.17, 15) is 5.11 Å². The zero-order valence-corrected chi connectivity index (χ0v) is 9.71. The molecule has 0 saturated heterocycles. The van der Waals surface area contributed by atoms with E-state index in [4.69, 9.17) is 4.42 Å². The second-order valence-electron chi connectivity index (χ2n) is 3.95. The molecular formula is C13H16N2O2. The average Bonchev–Trinajstić information content (AvgIpc) is 2.90. The van der Waals surface area contributed by atoms with E-state index in [-0.39, 0.29) is 6.04 Å². The molecule has 0 fully saturated rings. The van der Waals surface area contributed by atoms with E-state index in [1.165, 1.54) is 0 Å². The Morgan fingerprint density at radius 1 is 1.41 bits per heavy atom. The van der Waals surface area contributed by atoms with Gasteiger partial charge < -0.3 is 14.8 Å². The molecule has 2 aromatic heterocycles. The maximum absolute atomic E-state index is 9.83. The average molecular weight is 232 g/mol.